The summed E-state index contributed by atoms with van der Waals surface area (Å²) in [4.78, 5) is 12.2. The quantitative estimate of drug-likeness (QED) is 0.909. The van der Waals surface area contributed by atoms with Crippen molar-refractivity contribution in [3.05, 3.63) is 59.2 Å². The van der Waals surface area contributed by atoms with Crippen molar-refractivity contribution in [3.8, 4) is 5.75 Å². The molecule has 0 radical (unpaired) electrons. The largest absolute Gasteiger partial charge is 0.481 e. The maximum absolute atomic E-state index is 13.6. The molecule has 126 valence electrons. The smallest absolute Gasteiger partial charge is 0.265 e. The number of nitrogens with one attached hydrogen (secondary N) is 1. The first-order valence-corrected chi connectivity index (χ1v) is 8.08. The number of amides is 1. The van der Waals surface area contributed by atoms with Crippen molar-refractivity contribution in [3.63, 3.8) is 0 Å². The monoisotopic (exact) mass is 331 g/mol. The van der Waals surface area contributed by atoms with Gasteiger partial charge in [0.05, 0.1) is 5.69 Å². The second-order valence-corrected chi connectivity index (χ2v) is 5.97. The average molecular weight is 331 g/mol. The van der Waals surface area contributed by atoms with Crippen LogP contribution in [0.4, 0.5) is 14.5 Å². The zero-order chi connectivity index (χ0) is 17.1. The highest BCUT2D eigenvalue weighted by molar-refractivity contribution is 5.94. The average Bonchev–Trinajstić information content (AvgIpc) is 2.57. The molecule has 1 aliphatic rings. The molecule has 0 spiro atoms. The molecular formula is C19H19F2NO2. The van der Waals surface area contributed by atoms with Crippen LogP contribution in [0.2, 0.25) is 0 Å². The van der Waals surface area contributed by atoms with Gasteiger partial charge in [-0.1, -0.05) is 12.1 Å². The fourth-order valence-electron chi connectivity index (χ4n) is 2.93. The summed E-state index contributed by atoms with van der Waals surface area (Å²) in [6, 6.07) is 8.88. The van der Waals surface area contributed by atoms with E-state index in [1.54, 1.807) is 6.92 Å². The summed E-state index contributed by atoms with van der Waals surface area (Å²) in [5.74, 6) is -1.28. The highest BCUT2D eigenvalue weighted by Crippen LogP contribution is 2.30. The van der Waals surface area contributed by atoms with Gasteiger partial charge in [0.25, 0.3) is 5.91 Å². The predicted octanol–water partition coefficient (Wildman–Crippen LogP) is 4.25. The molecule has 0 aromatic heterocycles. The molecule has 1 aliphatic carbocycles. The van der Waals surface area contributed by atoms with Crippen LogP contribution in [0.25, 0.3) is 0 Å². The minimum atomic E-state index is -0.812. The first-order chi connectivity index (χ1) is 11.5. The molecule has 0 fully saturated rings. The number of ether oxygens (including phenoxy) is 1. The number of fused-ring (bicyclic) bond motifs is 1. The third-order valence-corrected chi connectivity index (χ3v) is 4.21. The molecule has 1 amide bonds. The Bertz CT molecular complexity index is 761. The molecule has 0 heterocycles. The second-order valence-electron chi connectivity index (χ2n) is 5.97. The number of hydrogen-bond donors (Lipinski definition) is 1. The van der Waals surface area contributed by atoms with E-state index in [1.165, 1.54) is 11.6 Å². The first-order valence-electron chi connectivity index (χ1n) is 8.08. The maximum Gasteiger partial charge on any atom is 0.265 e. The number of anilines is 1. The summed E-state index contributed by atoms with van der Waals surface area (Å²) in [7, 11) is 0. The standard InChI is InChI=1S/C19H19F2NO2/c1-12(19(23)22-17-10-9-14(20)11-16(17)21)24-18-8-4-6-13-5-2-3-7-15(13)18/h4,6,8-12H,2-3,5,7H2,1H3,(H,22,23)/t12-/m0/s1. The van der Waals surface area contributed by atoms with E-state index in [0.29, 0.717) is 5.75 Å². The van der Waals surface area contributed by atoms with Gasteiger partial charge < -0.3 is 10.1 Å². The highest BCUT2D eigenvalue weighted by Gasteiger charge is 2.20. The van der Waals surface area contributed by atoms with Gasteiger partial charge in [0.15, 0.2) is 6.10 Å². The second kappa shape index (κ2) is 6.99. The van der Waals surface area contributed by atoms with Crippen molar-refractivity contribution in [2.24, 2.45) is 0 Å². The number of carbonyl (C=O) groups is 1. The van der Waals surface area contributed by atoms with Gasteiger partial charge in [-0.3, -0.25) is 4.79 Å². The van der Waals surface area contributed by atoms with Gasteiger partial charge in [-0.05, 0) is 61.9 Å². The molecule has 2 aromatic rings. The van der Waals surface area contributed by atoms with Gasteiger partial charge in [-0.2, -0.15) is 0 Å². The Morgan fingerprint density at radius 3 is 2.75 bits per heavy atom. The van der Waals surface area contributed by atoms with Crippen molar-refractivity contribution in [1.29, 1.82) is 0 Å². The van der Waals surface area contributed by atoms with Crippen molar-refractivity contribution in [2.45, 2.75) is 38.7 Å². The number of hydrogen-bond acceptors (Lipinski definition) is 2. The lowest BCUT2D eigenvalue weighted by molar-refractivity contribution is -0.122. The lowest BCUT2D eigenvalue weighted by Crippen LogP contribution is -2.31. The molecule has 1 atom stereocenters. The lowest BCUT2D eigenvalue weighted by Gasteiger charge is -2.22. The number of carbonyl (C=O) groups excluding carboxylic acids is 1. The van der Waals surface area contributed by atoms with Crippen molar-refractivity contribution >= 4 is 11.6 Å². The molecule has 5 heteroatoms. The van der Waals surface area contributed by atoms with Crippen LogP contribution in [0.3, 0.4) is 0 Å². The Kier molecular flexibility index (Phi) is 4.79. The van der Waals surface area contributed by atoms with Crippen LogP contribution in [-0.4, -0.2) is 12.0 Å². The van der Waals surface area contributed by atoms with Crippen molar-refractivity contribution in [1.82, 2.24) is 0 Å². The van der Waals surface area contributed by atoms with Gasteiger partial charge in [-0.15, -0.1) is 0 Å². The molecule has 2 aromatic carbocycles. The van der Waals surface area contributed by atoms with Gasteiger partial charge in [0, 0.05) is 6.07 Å². The molecule has 0 saturated heterocycles. The number of halogens is 2. The lowest BCUT2D eigenvalue weighted by atomic mass is 9.91. The van der Waals surface area contributed by atoms with Crippen LogP contribution in [0.1, 0.15) is 30.9 Å². The van der Waals surface area contributed by atoms with Crippen LogP contribution in [0.15, 0.2) is 36.4 Å². The van der Waals surface area contributed by atoms with E-state index in [0.717, 1.165) is 43.4 Å². The fourth-order valence-corrected chi connectivity index (χ4v) is 2.93. The normalized spacial score (nSPS) is 14.6. The number of rotatable bonds is 4. The Morgan fingerprint density at radius 2 is 1.96 bits per heavy atom. The van der Waals surface area contributed by atoms with E-state index in [4.69, 9.17) is 4.74 Å². The summed E-state index contributed by atoms with van der Waals surface area (Å²) >= 11 is 0. The van der Waals surface area contributed by atoms with Crippen molar-refractivity contribution in [2.75, 3.05) is 5.32 Å². The van der Waals surface area contributed by atoms with Crippen LogP contribution in [0.5, 0.6) is 5.75 Å². The zero-order valence-electron chi connectivity index (χ0n) is 13.4. The SMILES string of the molecule is C[C@H](Oc1cccc2c1CCCC2)C(=O)Nc1ccc(F)cc1F. The minimum absolute atomic E-state index is 0.0630. The Balaban J connectivity index is 1.71. The fraction of sp³-hybridized carbons (Fsp3) is 0.316. The van der Waals surface area contributed by atoms with Crippen LogP contribution < -0.4 is 10.1 Å². The third-order valence-electron chi connectivity index (χ3n) is 4.21. The van der Waals surface area contributed by atoms with E-state index in [9.17, 15) is 13.6 Å². The molecule has 0 bridgehead atoms. The number of benzene rings is 2. The number of aryl methyl sites for hydroxylation is 1. The third kappa shape index (κ3) is 3.55. The van der Waals surface area contributed by atoms with Crippen molar-refractivity contribution < 1.29 is 18.3 Å². The molecule has 3 rings (SSSR count). The molecule has 1 N–H and O–H groups in total. The predicted molar refractivity (Wildman–Crippen MR) is 88.2 cm³/mol. The maximum atomic E-state index is 13.6. The molecule has 0 unspecified atom stereocenters. The minimum Gasteiger partial charge on any atom is -0.481 e. The van der Waals surface area contributed by atoms with E-state index in [1.807, 2.05) is 12.1 Å². The first kappa shape index (κ1) is 16.4. The van der Waals surface area contributed by atoms with E-state index in [2.05, 4.69) is 11.4 Å². The van der Waals surface area contributed by atoms with E-state index >= 15 is 0 Å². The van der Waals surface area contributed by atoms with Crippen LogP contribution in [0, 0.1) is 11.6 Å². The molecule has 0 saturated carbocycles. The van der Waals surface area contributed by atoms with E-state index < -0.39 is 23.6 Å². The van der Waals surface area contributed by atoms with E-state index in [-0.39, 0.29) is 5.69 Å². The molecule has 0 aliphatic heterocycles. The van der Waals surface area contributed by atoms with Gasteiger partial charge in [-0.25, -0.2) is 8.78 Å². The Labute approximate surface area is 139 Å². The van der Waals surface area contributed by atoms with Crippen LogP contribution >= 0.6 is 0 Å². The zero-order valence-corrected chi connectivity index (χ0v) is 13.4. The van der Waals surface area contributed by atoms with Crippen LogP contribution in [-0.2, 0) is 17.6 Å². The topological polar surface area (TPSA) is 38.3 Å². The Hall–Kier alpha value is -2.43. The summed E-state index contributed by atoms with van der Waals surface area (Å²) in [5, 5.41) is 2.43. The highest BCUT2D eigenvalue weighted by atomic mass is 19.1. The molecular weight excluding hydrogens is 312 g/mol. The molecule has 24 heavy (non-hydrogen) atoms. The summed E-state index contributed by atoms with van der Waals surface area (Å²) in [6.45, 7) is 1.61. The van der Waals surface area contributed by atoms with Gasteiger partial charge in [0.2, 0.25) is 0 Å². The van der Waals surface area contributed by atoms with Gasteiger partial charge >= 0.3 is 0 Å². The Morgan fingerprint density at radius 1 is 1.17 bits per heavy atom. The molecule has 3 nitrogen and oxygen atoms in total. The van der Waals surface area contributed by atoms with Gasteiger partial charge in [0.1, 0.15) is 17.4 Å². The summed E-state index contributed by atoms with van der Waals surface area (Å²) < 4.78 is 32.3. The summed E-state index contributed by atoms with van der Waals surface area (Å²) in [5.41, 5.74) is 2.35. The summed E-state index contributed by atoms with van der Waals surface area (Å²) in [6.07, 6.45) is 3.44.